The SMILES string of the molecule is C=C(COc1ccccc1)Nc1ccc(Oc2ccc(NC(=O)c3ccc4c(c3)OCO4)cc2)cc1. The molecular weight excluding hydrogens is 456 g/mol. The second-order valence-corrected chi connectivity index (χ2v) is 8.00. The van der Waals surface area contributed by atoms with Gasteiger partial charge in [0.25, 0.3) is 5.91 Å². The first-order valence-corrected chi connectivity index (χ1v) is 11.3. The molecule has 1 aliphatic rings. The van der Waals surface area contributed by atoms with Gasteiger partial charge in [0.2, 0.25) is 6.79 Å². The number of ether oxygens (including phenoxy) is 4. The standard InChI is InChI=1S/C29H24N2O5/c1-20(18-33-24-5-3-2-4-6-24)30-22-8-12-25(13-9-22)36-26-14-10-23(11-15-26)31-29(32)21-7-16-27-28(17-21)35-19-34-27/h2-17,30H,1,18-19H2,(H,31,32). The minimum atomic E-state index is -0.235. The van der Waals surface area contributed by atoms with E-state index in [0.717, 1.165) is 17.1 Å². The molecule has 2 N–H and O–H groups in total. The van der Waals surface area contributed by atoms with E-state index in [-0.39, 0.29) is 12.7 Å². The molecule has 0 bridgehead atoms. The lowest BCUT2D eigenvalue weighted by atomic mass is 10.2. The van der Waals surface area contributed by atoms with E-state index in [2.05, 4.69) is 17.2 Å². The number of benzene rings is 4. The first-order valence-electron chi connectivity index (χ1n) is 11.3. The van der Waals surface area contributed by atoms with E-state index >= 15 is 0 Å². The molecule has 1 heterocycles. The monoisotopic (exact) mass is 480 g/mol. The number of rotatable bonds is 9. The minimum absolute atomic E-state index is 0.167. The molecule has 0 radical (unpaired) electrons. The lowest BCUT2D eigenvalue weighted by Crippen LogP contribution is -2.11. The fraction of sp³-hybridized carbons (Fsp3) is 0.0690. The van der Waals surface area contributed by atoms with Crippen molar-refractivity contribution in [2.45, 2.75) is 0 Å². The van der Waals surface area contributed by atoms with Gasteiger partial charge in [-0.25, -0.2) is 0 Å². The average Bonchev–Trinajstić information content (AvgIpc) is 3.38. The summed E-state index contributed by atoms with van der Waals surface area (Å²) in [5, 5.41) is 6.10. The maximum atomic E-state index is 12.6. The summed E-state index contributed by atoms with van der Waals surface area (Å²) in [6.45, 7) is 4.54. The summed E-state index contributed by atoms with van der Waals surface area (Å²) in [6, 6.07) is 29.4. The Hall–Kier alpha value is -4.91. The first kappa shape index (κ1) is 22.9. The van der Waals surface area contributed by atoms with Crippen LogP contribution in [0.25, 0.3) is 0 Å². The van der Waals surface area contributed by atoms with Gasteiger partial charge in [-0.3, -0.25) is 4.79 Å². The van der Waals surface area contributed by atoms with E-state index in [0.29, 0.717) is 40.9 Å². The van der Waals surface area contributed by atoms with Crippen LogP contribution in [0.1, 0.15) is 10.4 Å². The highest BCUT2D eigenvalue weighted by Gasteiger charge is 2.16. The van der Waals surface area contributed by atoms with Crippen molar-refractivity contribution in [3.8, 4) is 28.7 Å². The third kappa shape index (κ3) is 5.77. The van der Waals surface area contributed by atoms with Crippen molar-refractivity contribution in [3.63, 3.8) is 0 Å². The summed E-state index contributed by atoms with van der Waals surface area (Å²) >= 11 is 0. The van der Waals surface area contributed by atoms with Crippen molar-refractivity contribution in [2.24, 2.45) is 0 Å². The number of carbonyl (C=O) groups is 1. The van der Waals surface area contributed by atoms with Gasteiger partial charge in [0.05, 0.1) is 0 Å². The van der Waals surface area contributed by atoms with Crippen LogP contribution in [0, 0.1) is 0 Å². The third-order valence-corrected chi connectivity index (χ3v) is 5.31. The van der Waals surface area contributed by atoms with Gasteiger partial charge < -0.3 is 29.6 Å². The molecule has 0 spiro atoms. The van der Waals surface area contributed by atoms with E-state index < -0.39 is 0 Å². The zero-order valence-electron chi connectivity index (χ0n) is 19.4. The highest BCUT2D eigenvalue weighted by Crippen LogP contribution is 2.33. The van der Waals surface area contributed by atoms with Crippen molar-refractivity contribution >= 4 is 17.3 Å². The van der Waals surface area contributed by atoms with Crippen LogP contribution < -0.4 is 29.6 Å². The van der Waals surface area contributed by atoms with Crippen molar-refractivity contribution < 1.29 is 23.7 Å². The smallest absolute Gasteiger partial charge is 0.255 e. The molecule has 7 heteroatoms. The molecule has 0 saturated heterocycles. The number of hydrogen-bond acceptors (Lipinski definition) is 6. The van der Waals surface area contributed by atoms with Crippen LogP contribution in [0.5, 0.6) is 28.7 Å². The number of amides is 1. The van der Waals surface area contributed by atoms with Crippen molar-refractivity contribution in [1.29, 1.82) is 0 Å². The largest absolute Gasteiger partial charge is 0.487 e. The molecule has 36 heavy (non-hydrogen) atoms. The molecule has 0 aliphatic carbocycles. The lowest BCUT2D eigenvalue weighted by Gasteiger charge is -2.12. The Morgan fingerprint density at radius 1 is 0.750 bits per heavy atom. The van der Waals surface area contributed by atoms with Gasteiger partial charge in [-0.15, -0.1) is 0 Å². The van der Waals surface area contributed by atoms with Crippen LogP contribution in [-0.2, 0) is 0 Å². The van der Waals surface area contributed by atoms with Crippen LogP contribution in [0.4, 0.5) is 11.4 Å². The molecule has 0 unspecified atom stereocenters. The first-order chi connectivity index (χ1) is 17.6. The Morgan fingerprint density at radius 2 is 1.39 bits per heavy atom. The summed E-state index contributed by atoms with van der Waals surface area (Å²) in [6.07, 6.45) is 0. The second-order valence-electron chi connectivity index (χ2n) is 8.00. The molecule has 1 amide bonds. The summed E-state index contributed by atoms with van der Waals surface area (Å²) in [7, 11) is 0. The maximum absolute atomic E-state index is 12.6. The predicted octanol–water partition coefficient (Wildman–Crippen LogP) is 6.46. The van der Waals surface area contributed by atoms with Crippen molar-refractivity contribution in [1.82, 2.24) is 0 Å². The van der Waals surface area contributed by atoms with Crippen LogP contribution >= 0.6 is 0 Å². The molecular formula is C29H24N2O5. The molecule has 5 rings (SSSR count). The minimum Gasteiger partial charge on any atom is -0.487 e. The predicted molar refractivity (Wildman–Crippen MR) is 138 cm³/mol. The molecule has 0 fully saturated rings. The number of hydrogen-bond donors (Lipinski definition) is 2. The lowest BCUT2D eigenvalue weighted by molar-refractivity contribution is 0.102. The van der Waals surface area contributed by atoms with Gasteiger partial charge in [-0.1, -0.05) is 24.8 Å². The van der Waals surface area contributed by atoms with Gasteiger partial charge in [-0.2, -0.15) is 0 Å². The zero-order chi connectivity index (χ0) is 24.7. The normalized spacial score (nSPS) is 11.4. The van der Waals surface area contributed by atoms with Gasteiger partial charge in [0.1, 0.15) is 23.9 Å². The molecule has 0 aromatic heterocycles. The molecule has 180 valence electrons. The molecule has 4 aromatic rings. The van der Waals surface area contributed by atoms with Gasteiger partial charge in [0, 0.05) is 22.6 Å². The molecule has 1 aliphatic heterocycles. The number of fused-ring (bicyclic) bond motifs is 1. The quantitative estimate of drug-likeness (QED) is 0.286. The molecule has 7 nitrogen and oxygen atoms in total. The Kier molecular flexibility index (Phi) is 6.71. The molecule has 0 saturated carbocycles. The number of para-hydroxylation sites is 1. The van der Waals surface area contributed by atoms with Gasteiger partial charge in [-0.05, 0) is 78.9 Å². The zero-order valence-corrected chi connectivity index (χ0v) is 19.4. The fourth-order valence-electron chi connectivity index (χ4n) is 3.52. The number of carbonyl (C=O) groups excluding carboxylic acids is 1. The summed E-state index contributed by atoms with van der Waals surface area (Å²) in [4.78, 5) is 12.6. The maximum Gasteiger partial charge on any atom is 0.255 e. The Morgan fingerprint density at radius 3 is 2.08 bits per heavy atom. The Balaban J connectivity index is 1.11. The summed E-state index contributed by atoms with van der Waals surface area (Å²) in [5.41, 5.74) is 2.76. The Bertz CT molecular complexity index is 1350. The van der Waals surface area contributed by atoms with E-state index in [1.54, 1.807) is 42.5 Å². The van der Waals surface area contributed by atoms with Crippen molar-refractivity contribution in [2.75, 3.05) is 24.0 Å². The van der Waals surface area contributed by atoms with E-state index in [1.165, 1.54) is 0 Å². The second kappa shape index (κ2) is 10.6. The average molecular weight is 481 g/mol. The fourth-order valence-corrected chi connectivity index (χ4v) is 3.52. The topological polar surface area (TPSA) is 78.0 Å². The summed E-state index contributed by atoms with van der Waals surface area (Å²) in [5.74, 6) is 3.10. The van der Waals surface area contributed by atoms with E-state index in [4.69, 9.17) is 18.9 Å². The third-order valence-electron chi connectivity index (χ3n) is 5.31. The van der Waals surface area contributed by atoms with E-state index in [9.17, 15) is 4.79 Å². The van der Waals surface area contributed by atoms with Gasteiger partial charge in [0.15, 0.2) is 11.5 Å². The summed E-state index contributed by atoms with van der Waals surface area (Å²) < 4.78 is 22.2. The van der Waals surface area contributed by atoms with Crippen molar-refractivity contribution in [3.05, 3.63) is 115 Å². The molecule has 0 atom stereocenters. The van der Waals surface area contributed by atoms with Crippen LogP contribution in [0.2, 0.25) is 0 Å². The molecule has 4 aromatic carbocycles. The van der Waals surface area contributed by atoms with Crippen LogP contribution in [0.3, 0.4) is 0 Å². The number of nitrogens with one attached hydrogen (secondary N) is 2. The highest BCUT2D eigenvalue weighted by molar-refractivity contribution is 6.04. The highest BCUT2D eigenvalue weighted by atomic mass is 16.7. The van der Waals surface area contributed by atoms with Gasteiger partial charge >= 0.3 is 0 Å². The van der Waals surface area contributed by atoms with Crippen LogP contribution in [-0.4, -0.2) is 19.3 Å². The number of anilines is 2. The van der Waals surface area contributed by atoms with Crippen LogP contribution in [0.15, 0.2) is 109 Å². The Labute approximate surface area is 208 Å². The van der Waals surface area contributed by atoms with E-state index in [1.807, 2.05) is 54.6 Å².